The summed E-state index contributed by atoms with van der Waals surface area (Å²) in [7, 11) is 0. The average molecular weight is 339 g/mol. The summed E-state index contributed by atoms with van der Waals surface area (Å²) < 4.78 is 36.7. The van der Waals surface area contributed by atoms with Crippen molar-refractivity contribution in [3.8, 4) is 0 Å². The maximum Gasteiger partial charge on any atom is 0.307 e. The largest absolute Gasteiger partial charge is 0.460 e. The van der Waals surface area contributed by atoms with Crippen LogP contribution < -0.4 is 0 Å². The van der Waals surface area contributed by atoms with Gasteiger partial charge in [-0.25, -0.2) is 8.78 Å². The number of carbonyl (C=O) groups excluding carboxylic acids is 1. The maximum atomic E-state index is 13.1. The van der Waals surface area contributed by atoms with Gasteiger partial charge in [-0.15, -0.1) is 0 Å². The number of thioether (sulfide) groups is 1. The van der Waals surface area contributed by atoms with Gasteiger partial charge in [-0.2, -0.15) is 11.8 Å². The average Bonchev–Trinajstić information content (AvgIpc) is 2.41. The van der Waals surface area contributed by atoms with Crippen LogP contribution in [-0.2, 0) is 14.3 Å². The number of morpholine rings is 1. The van der Waals surface area contributed by atoms with Gasteiger partial charge in [0, 0.05) is 18.8 Å². The van der Waals surface area contributed by atoms with Gasteiger partial charge in [-0.3, -0.25) is 9.69 Å². The van der Waals surface area contributed by atoms with E-state index in [-0.39, 0.29) is 5.97 Å². The Kier molecular flexibility index (Phi) is 8.64. The normalized spacial score (nSPS) is 18.5. The van der Waals surface area contributed by atoms with E-state index >= 15 is 0 Å². The van der Waals surface area contributed by atoms with Gasteiger partial charge in [0.2, 0.25) is 0 Å². The smallest absolute Gasteiger partial charge is 0.307 e. The summed E-state index contributed by atoms with van der Waals surface area (Å²) in [6.07, 6.45) is -1.60. The topological polar surface area (TPSA) is 38.8 Å². The number of hydrogen-bond donors (Lipinski definition) is 0. The molecule has 1 atom stereocenters. The van der Waals surface area contributed by atoms with Crippen LogP contribution in [0.2, 0.25) is 0 Å². The Hall–Kier alpha value is -0.400. The molecule has 1 saturated heterocycles. The highest BCUT2D eigenvalue weighted by Gasteiger charge is 2.28. The molecule has 0 saturated carbocycles. The van der Waals surface area contributed by atoms with Crippen molar-refractivity contribution in [3.05, 3.63) is 0 Å². The van der Waals surface area contributed by atoms with Gasteiger partial charge >= 0.3 is 5.97 Å². The van der Waals surface area contributed by atoms with Crippen LogP contribution in [0.5, 0.6) is 0 Å². The molecular formula is C15H27F2NO3S. The second-order valence-corrected chi connectivity index (χ2v) is 7.51. The summed E-state index contributed by atoms with van der Waals surface area (Å²) in [6, 6.07) is -0.710. The molecule has 4 nitrogen and oxygen atoms in total. The van der Waals surface area contributed by atoms with Gasteiger partial charge in [0.15, 0.2) is 0 Å². The van der Waals surface area contributed by atoms with Crippen LogP contribution in [0.4, 0.5) is 8.78 Å². The maximum absolute atomic E-state index is 13.1. The van der Waals surface area contributed by atoms with Gasteiger partial charge in [0.05, 0.1) is 25.7 Å². The second kappa shape index (κ2) is 9.67. The molecule has 0 aromatic heterocycles. The minimum absolute atomic E-state index is 0.237. The molecule has 0 bridgehead atoms. The third kappa shape index (κ3) is 8.29. The first-order chi connectivity index (χ1) is 10.3. The molecule has 0 aromatic carbocycles. The summed E-state index contributed by atoms with van der Waals surface area (Å²) in [5.41, 5.74) is -0.473. The molecule has 7 heteroatoms. The van der Waals surface area contributed by atoms with E-state index in [1.54, 1.807) is 0 Å². The monoisotopic (exact) mass is 339 g/mol. The Morgan fingerprint density at radius 3 is 2.45 bits per heavy atom. The number of carbonyl (C=O) groups is 1. The summed E-state index contributed by atoms with van der Waals surface area (Å²) in [5.74, 6) is 0.988. The van der Waals surface area contributed by atoms with E-state index < -0.39 is 18.1 Å². The second-order valence-electron chi connectivity index (χ2n) is 6.29. The van der Waals surface area contributed by atoms with Crippen molar-refractivity contribution in [1.29, 1.82) is 0 Å². The number of ether oxygens (including phenoxy) is 2. The van der Waals surface area contributed by atoms with Crippen LogP contribution >= 0.6 is 11.8 Å². The summed E-state index contributed by atoms with van der Waals surface area (Å²) in [6.45, 7) is 7.66. The predicted octanol–water partition coefficient (Wildman–Crippen LogP) is 2.81. The molecule has 130 valence electrons. The van der Waals surface area contributed by atoms with Gasteiger partial charge in [0.1, 0.15) is 5.60 Å². The molecule has 1 heterocycles. The van der Waals surface area contributed by atoms with Gasteiger partial charge in [-0.05, 0) is 32.9 Å². The Labute approximate surface area is 135 Å². The van der Waals surface area contributed by atoms with E-state index in [9.17, 15) is 13.6 Å². The molecule has 1 unspecified atom stereocenters. The highest BCUT2D eigenvalue weighted by atomic mass is 32.2. The zero-order valence-electron chi connectivity index (χ0n) is 13.6. The van der Waals surface area contributed by atoms with E-state index in [1.165, 1.54) is 11.8 Å². The van der Waals surface area contributed by atoms with Crippen molar-refractivity contribution >= 4 is 17.7 Å². The quantitative estimate of drug-likeness (QED) is 0.502. The summed E-state index contributed by atoms with van der Waals surface area (Å²) >= 11 is 1.53. The minimum atomic E-state index is -2.34. The minimum Gasteiger partial charge on any atom is -0.460 e. The number of rotatable bonds is 8. The van der Waals surface area contributed by atoms with Crippen molar-refractivity contribution in [2.24, 2.45) is 0 Å². The summed E-state index contributed by atoms with van der Waals surface area (Å²) in [5, 5.41) is 0. The van der Waals surface area contributed by atoms with Crippen LogP contribution in [0.25, 0.3) is 0 Å². The third-order valence-corrected chi connectivity index (χ3v) is 4.25. The molecule has 0 spiro atoms. The fraction of sp³-hybridized carbons (Fsp3) is 0.933. The van der Waals surface area contributed by atoms with Crippen LogP contribution in [0, 0.1) is 0 Å². The van der Waals surface area contributed by atoms with Crippen LogP contribution in [0.3, 0.4) is 0 Å². The first kappa shape index (κ1) is 19.6. The first-order valence-electron chi connectivity index (χ1n) is 7.69. The van der Waals surface area contributed by atoms with E-state index in [2.05, 4.69) is 0 Å². The molecule has 0 N–H and O–H groups in total. The molecule has 0 aromatic rings. The number of alkyl halides is 2. The fourth-order valence-electron chi connectivity index (χ4n) is 2.23. The number of hydrogen-bond acceptors (Lipinski definition) is 5. The molecule has 1 fully saturated rings. The Balaban J connectivity index is 2.19. The molecule has 22 heavy (non-hydrogen) atoms. The number of nitrogens with zero attached hydrogens (tertiary/aromatic N) is 1. The standard InChI is InChI=1S/C15H27F2NO3S/c1-15(2,3)21-13(19)5-11-22-10-4-12(14(16)17)18-6-8-20-9-7-18/h12,14H,4-11H2,1-3H3. The summed E-state index contributed by atoms with van der Waals surface area (Å²) in [4.78, 5) is 13.3. The first-order valence-corrected chi connectivity index (χ1v) is 8.84. The van der Waals surface area contributed by atoms with Crippen LogP contribution in [-0.4, -0.2) is 66.7 Å². The molecule has 1 rings (SSSR count). The van der Waals surface area contributed by atoms with Crippen molar-refractivity contribution in [1.82, 2.24) is 4.90 Å². The highest BCUT2D eigenvalue weighted by Crippen LogP contribution is 2.19. The zero-order chi connectivity index (χ0) is 16.6. The van der Waals surface area contributed by atoms with E-state index in [0.717, 1.165) is 0 Å². The third-order valence-electron chi connectivity index (χ3n) is 3.23. The van der Waals surface area contributed by atoms with Crippen molar-refractivity contribution in [2.45, 2.75) is 51.7 Å². The molecule has 0 radical (unpaired) electrons. The van der Waals surface area contributed by atoms with Crippen molar-refractivity contribution < 1.29 is 23.0 Å². The van der Waals surface area contributed by atoms with E-state index in [0.29, 0.717) is 50.7 Å². The number of halogens is 2. The lowest BCUT2D eigenvalue weighted by atomic mass is 10.2. The molecule has 1 aliphatic rings. The van der Waals surface area contributed by atoms with E-state index in [4.69, 9.17) is 9.47 Å². The van der Waals surface area contributed by atoms with Gasteiger partial charge in [0.25, 0.3) is 6.43 Å². The number of esters is 1. The zero-order valence-corrected chi connectivity index (χ0v) is 14.5. The molecular weight excluding hydrogens is 312 g/mol. The van der Waals surface area contributed by atoms with Gasteiger partial charge < -0.3 is 9.47 Å². The van der Waals surface area contributed by atoms with Crippen molar-refractivity contribution in [3.63, 3.8) is 0 Å². The SMILES string of the molecule is CC(C)(C)OC(=O)CCSCCC(C(F)F)N1CCOCC1. The predicted molar refractivity (Wildman–Crippen MR) is 84.6 cm³/mol. The lowest BCUT2D eigenvalue weighted by molar-refractivity contribution is -0.154. The lowest BCUT2D eigenvalue weighted by Gasteiger charge is -2.33. The Bertz CT molecular complexity index is 331. The van der Waals surface area contributed by atoms with Crippen LogP contribution in [0.1, 0.15) is 33.6 Å². The van der Waals surface area contributed by atoms with Crippen LogP contribution in [0.15, 0.2) is 0 Å². The molecule has 1 aliphatic heterocycles. The van der Waals surface area contributed by atoms with Crippen molar-refractivity contribution in [2.75, 3.05) is 37.8 Å². The molecule has 0 aliphatic carbocycles. The molecule has 0 amide bonds. The lowest BCUT2D eigenvalue weighted by Crippen LogP contribution is -2.47. The highest BCUT2D eigenvalue weighted by molar-refractivity contribution is 7.99. The van der Waals surface area contributed by atoms with Gasteiger partial charge in [-0.1, -0.05) is 0 Å². The van der Waals surface area contributed by atoms with E-state index in [1.807, 2.05) is 25.7 Å². The fourth-order valence-corrected chi connectivity index (χ4v) is 3.15. The Morgan fingerprint density at radius 1 is 1.27 bits per heavy atom. The Morgan fingerprint density at radius 2 is 1.91 bits per heavy atom.